The Morgan fingerprint density at radius 1 is 1.32 bits per heavy atom. The molecule has 9 heteroatoms. The number of anilines is 1. The number of nitrogens with zero attached hydrogens (tertiary/aromatic N) is 5. The Morgan fingerprint density at radius 2 is 2.13 bits per heavy atom. The van der Waals surface area contributed by atoms with Crippen molar-refractivity contribution in [1.82, 2.24) is 34.4 Å². The van der Waals surface area contributed by atoms with Crippen LogP contribution in [0.25, 0.3) is 22.8 Å². The number of nitrogens with one attached hydrogen (secondary N) is 2. The molecule has 162 valence electrons. The lowest BCUT2D eigenvalue weighted by atomic mass is 9.97. The van der Waals surface area contributed by atoms with Gasteiger partial charge in [0.25, 0.3) is 0 Å². The molecular formula is C22H28N8O. The van der Waals surface area contributed by atoms with Gasteiger partial charge in [0.15, 0.2) is 23.1 Å². The van der Waals surface area contributed by atoms with Crippen LogP contribution in [0.4, 0.5) is 5.82 Å². The fraction of sp³-hybridized carbons (Fsp3) is 0.364. The van der Waals surface area contributed by atoms with E-state index in [4.69, 9.17) is 5.73 Å². The Balaban J connectivity index is 0.000000282. The zero-order chi connectivity index (χ0) is 21.8. The summed E-state index contributed by atoms with van der Waals surface area (Å²) in [5.74, 6) is 1.36. The molecule has 1 aliphatic carbocycles. The summed E-state index contributed by atoms with van der Waals surface area (Å²) in [5, 5.41) is 0. The molecule has 9 nitrogen and oxygen atoms in total. The van der Waals surface area contributed by atoms with Gasteiger partial charge in [0.05, 0.1) is 0 Å². The first kappa shape index (κ1) is 20.6. The number of aromatic nitrogens is 6. The highest BCUT2D eigenvalue weighted by Gasteiger charge is 2.18. The molecule has 1 aliphatic heterocycles. The highest BCUT2D eigenvalue weighted by Crippen LogP contribution is 2.22. The maximum absolute atomic E-state index is 12.4. The summed E-state index contributed by atoms with van der Waals surface area (Å²) in [6, 6.07) is 0. The Morgan fingerprint density at radius 3 is 2.77 bits per heavy atom. The minimum absolute atomic E-state index is 0.233. The number of H-pyrrole nitrogens is 2. The Hall–Kier alpha value is -3.62. The minimum atomic E-state index is -0.233. The Bertz CT molecular complexity index is 1160. The van der Waals surface area contributed by atoms with Crippen LogP contribution in [-0.2, 0) is 6.54 Å². The molecule has 1 unspecified atom stereocenters. The van der Waals surface area contributed by atoms with Crippen molar-refractivity contribution in [3.05, 3.63) is 59.5 Å². The van der Waals surface area contributed by atoms with Crippen LogP contribution in [-0.4, -0.2) is 47.5 Å². The third kappa shape index (κ3) is 4.60. The summed E-state index contributed by atoms with van der Waals surface area (Å²) in [6.45, 7) is 8.71. The molecule has 0 aromatic carbocycles. The number of nitrogens with two attached hydrogens (primary N) is 1. The Kier molecular flexibility index (Phi) is 6.01. The molecule has 1 atom stereocenters. The fourth-order valence-electron chi connectivity index (χ4n) is 3.92. The molecule has 5 rings (SSSR count). The van der Waals surface area contributed by atoms with Crippen molar-refractivity contribution < 1.29 is 0 Å². The SMILES string of the molecule is C=CN1CCCC1.CC1=CC(Cn2c(=O)[nH]c3c(N)nc(-c4ncc[nH]4)nc32)CC=C1. The van der Waals surface area contributed by atoms with Crippen molar-refractivity contribution in [3.8, 4) is 11.6 Å². The summed E-state index contributed by atoms with van der Waals surface area (Å²) in [7, 11) is 0. The van der Waals surface area contributed by atoms with Crippen molar-refractivity contribution in [3.63, 3.8) is 0 Å². The molecule has 0 radical (unpaired) electrons. The fourth-order valence-corrected chi connectivity index (χ4v) is 3.92. The summed E-state index contributed by atoms with van der Waals surface area (Å²) in [4.78, 5) is 33.2. The largest absolute Gasteiger partial charge is 0.382 e. The van der Waals surface area contributed by atoms with E-state index in [9.17, 15) is 4.79 Å². The van der Waals surface area contributed by atoms with Gasteiger partial charge in [-0.2, -0.15) is 0 Å². The molecular weight excluding hydrogens is 392 g/mol. The monoisotopic (exact) mass is 420 g/mol. The smallest absolute Gasteiger partial charge is 0.327 e. The Labute approximate surface area is 180 Å². The predicted molar refractivity (Wildman–Crippen MR) is 122 cm³/mol. The number of imidazole rings is 2. The second kappa shape index (κ2) is 9.03. The summed E-state index contributed by atoms with van der Waals surface area (Å²) in [6.07, 6.45) is 15.2. The highest BCUT2D eigenvalue weighted by molar-refractivity contribution is 5.83. The molecule has 4 N–H and O–H groups in total. The summed E-state index contributed by atoms with van der Waals surface area (Å²) < 4.78 is 1.62. The highest BCUT2D eigenvalue weighted by atomic mass is 16.1. The van der Waals surface area contributed by atoms with Gasteiger partial charge in [0.1, 0.15) is 5.52 Å². The van der Waals surface area contributed by atoms with Crippen LogP contribution >= 0.6 is 0 Å². The molecule has 31 heavy (non-hydrogen) atoms. The lowest BCUT2D eigenvalue weighted by Gasteiger charge is -2.15. The number of hydrogen-bond acceptors (Lipinski definition) is 6. The van der Waals surface area contributed by atoms with Crippen molar-refractivity contribution in [2.45, 2.75) is 32.7 Å². The summed E-state index contributed by atoms with van der Waals surface area (Å²) >= 11 is 0. The van der Waals surface area contributed by atoms with E-state index in [2.05, 4.69) is 61.6 Å². The van der Waals surface area contributed by atoms with E-state index in [0.717, 1.165) is 6.42 Å². The number of likely N-dealkylation sites (tertiary alicyclic amines) is 1. The van der Waals surface area contributed by atoms with Gasteiger partial charge in [-0.15, -0.1) is 0 Å². The normalized spacial score (nSPS) is 18.0. The zero-order valence-electron chi connectivity index (χ0n) is 17.7. The van der Waals surface area contributed by atoms with Crippen molar-refractivity contribution in [1.29, 1.82) is 0 Å². The molecule has 2 aliphatic rings. The van der Waals surface area contributed by atoms with Gasteiger partial charge < -0.3 is 20.6 Å². The van der Waals surface area contributed by atoms with Gasteiger partial charge in [-0.25, -0.2) is 19.7 Å². The van der Waals surface area contributed by atoms with Crippen LogP contribution in [0, 0.1) is 5.92 Å². The van der Waals surface area contributed by atoms with E-state index >= 15 is 0 Å². The third-order valence-corrected chi connectivity index (χ3v) is 5.49. The van der Waals surface area contributed by atoms with E-state index < -0.39 is 0 Å². The van der Waals surface area contributed by atoms with Gasteiger partial charge in [-0.05, 0) is 38.3 Å². The van der Waals surface area contributed by atoms with Crippen LogP contribution in [0.2, 0.25) is 0 Å². The molecule has 3 aromatic rings. The van der Waals surface area contributed by atoms with Crippen LogP contribution in [0.3, 0.4) is 0 Å². The number of nitrogen functional groups attached to an aromatic ring is 1. The zero-order valence-corrected chi connectivity index (χ0v) is 17.7. The predicted octanol–water partition coefficient (Wildman–Crippen LogP) is 2.84. The quantitative estimate of drug-likeness (QED) is 0.597. The van der Waals surface area contributed by atoms with Crippen LogP contribution < -0.4 is 11.4 Å². The molecule has 4 heterocycles. The maximum Gasteiger partial charge on any atom is 0.327 e. The molecule has 0 spiro atoms. The number of fused-ring (bicyclic) bond motifs is 1. The molecule has 1 saturated heterocycles. The van der Waals surface area contributed by atoms with E-state index in [1.807, 2.05) is 6.20 Å². The number of hydrogen-bond donors (Lipinski definition) is 3. The molecule has 3 aromatic heterocycles. The lowest BCUT2D eigenvalue weighted by Crippen LogP contribution is -2.21. The van der Waals surface area contributed by atoms with Gasteiger partial charge in [-0.1, -0.05) is 30.4 Å². The van der Waals surface area contributed by atoms with Gasteiger partial charge in [-0.3, -0.25) is 4.57 Å². The van der Waals surface area contributed by atoms with Crippen molar-refractivity contribution in [2.24, 2.45) is 5.92 Å². The molecule has 0 bridgehead atoms. The number of rotatable bonds is 4. The minimum Gasteiger partial charge on any atom is -0.382 e. The first-order valence-corrected chi connectivity index (χ1v) is 10.5. The maximum atomic E-state index is 12.4. The van der Waals surface area contributed by atoms with Crippen LogP contribution in [0.1, 0.15) is 26.2 Å². The first-order chi connectivity index (χ1) is 15.0. The van der Waals surface area contributed by atoms with E-state index in [1.165, 1.54) is 31.5 Å². The summed E-state index contributed by atoms with van der Waals surface area (Å²) in [5.41, 5.74) is 7.93. The van der Waals surface area contributed by atoms with Gasteiger partial charge in [0.2, 0.25) is 0 Å². The molecule has 1 fully saturated rings. The average molecular weight is 421 g/mol. The van der Waals surface area contributed by atoms with Crippen LogP contribution in [0.5, 0.6) is 0 Å². The van der Waals surface area contributed by atoms with Gasteiger partial charge in [0, 0.05) is 32.0 Å². The average Bonchev–Trinajstić information content (AvgIpc) is 3.51. The molecule has 0 amide bonds. The van der Waals surface area contributed by atoms with E-state index in [1.54, 1.807) is 17.0 Å². The van der Waals surface area contributed by atoms with E-state index in [0.29, 0.717) is 29.4 Å². The molecule has 0 saturated carbocycles. The number of aromatic amines is 2. The first-order valence-electron chi connectivity index (χ1n) is 10.5. The standard InChI is InChI=1S/C16H17N7O.C6H11N/c1-9-3-2-4-10(7-9)8-23-15-11(20-16(23)24)12(17)21-14(22-15)13-18-5-6-19-13;1-2-7-5-3-4-6-7/h2-3,5-7,10H,4,8H2,1H3,(H,18,19)(H,20,24)(H2,17,21,22);2H,1,3-6H2. The van der Waals surface area contributed by atoms with Crippen LogP contribution in [0.15, 0.2) is 53.8 Å². The van der Waals surface area contributed by atoms with E-state index in [-0.39, 0.29) is 17.4 Å². The second-order valence-corrected chi connectivity index (χ2v) is 7.84. The lowest BCUT2D eigenvalue weighted by molar-refractivity contribution is 0.469. The van der Waals surface area contributed by atoms with Gasteiger partial charge >= 0.3 is 5.69 Å². The number of allylic oxidation sites excluding steroid dienone is 4. The van der Waals surface area contributed by atoms with Crippen molar-refractivity contribution in [2.75, 3.05) is 18.8 Å². The topological polar surface area (TPSA) is 122 Å². The third-order valence-electron chi connectivity index (χ3n) is 5.49. The van der Waals surface area contributed by atoms with Crippen molar-refractivity contribution >= 4 is 17.0 Å². The second-order valence-electron chi connectivity index (χ2n) is 7.84.